The van der Waals surface area contributed by atoms with E-state index in [1.54, 1.807) is 11.0 Å². The topological polar surface area (TPSA) is 88.5 Å². The molecule has 0 aliphatic carbocycles. The maximum atomic E-state index is 13.4. The lowest BCUT2D eigenvalue weighted by Crippen LogP contribution is -2.42. The van der Waals surface area contributed by atoms with Crippen molar-refractivity contribution in [2.45, 2.75) is 45.3 Å². The minimum absolute atomic E-state index is 0.0589. The van der Waals surface area contributed by atoms with E-state index in [1.807, 2.05) is 43.3 Å². The molecule has 0 aromatic heterocycles. The Bertz CT molecular complexity index is 1220. The second-order valence-corrected chi connectivity index (χ2v) is 10.2. The van der Waals surface area contributed by atoms with Crippen molar-refractivity contribution in [2.75, 3.05) is 46.0 Å². The fourth-order valence-corrected chi connectivity index (χ4v) is 5.36. The van der Waals surface area contributed by atoms with Gasteiger partial charge in [0.15, 0.2) is 0 Å². The molecule has 8 heteroatoms. The number of aliphatic hydroxyl groups excluding tert-OH is 1. The van der Waals surface area contributed by atoms with Gasteiger partial charge in [0.2, 0.25) is 0 Å². The lowest BCUT2D eigenvalue weighted by molar-refractivity contribution is -0.140. The molecule has 1 amide bonds. The molecule has 202 valence electrons. The first-order chi connectivity index (χ1) is 18.5. The van der Waals surface area contributed by atoms with E-state index >= 15 is 0 Å². The van der Waals surface area contributed by atoms with Gasteiger partial charge in [-0.15, -0.1) is 0 Å². The standard InChI is InChI=1S/C30H36N2O6/c1-3-4-14-37-24-7-5-6-21(19-24)27-26(28(33)22-8-9-25-23(18-22)17-20(2)38-25)29(34)30(35)32(27)11-10-31-12-15-36-16-13-31/h5-9,18-20,27,33H,3-4,10-17H2,1-2H3/t20-,27+/m0/s1. The van der Waals surface area contributed by atoms with Crippen molar-refractivity contribution in [3.05, 3.63) is 64.7 Å². The number of nitrogens with zero attached hydrogens (tertiary/aromatic N) is 2. The predicted octanol–water partition coefficient (Wildman–Crippen LogP) is 3.94. The van der Waals surface area contributed by atoms with E-state index in [1.165, 1.54) is 0 Å². The minimum Gasteiger partial charge on any atom is -0.507 e. The summed E-state index contributed by atoms with van der Waals surface area (Å²) in [7, 11) is 0. The van der Waals surface area contributed by atoms with E-state index in [-0.39, 0.29) is 17.4 Å². The van der Waals surface area contributed by atoms with Gasteiger partial charge >= 0.3 is 0 Å². The van der Waals surface area contributed by atoms with Crippen LogP contribution in [0.25, 0.3) is 5.76 Å². The average molecular weight is 521 g/mol. The number of carbonyl (C=O) groups excluding carboxylic acids is 2. The van der Waals surface area contributed by atoms with Crippen molar-refractivity contribution in [1.82, 2.24) is 9.80 Å². The van der Waals surface area contributed by atoms with Crippen molar-refractivity contribution in [3.8, 4) is 11.5 Å². The van der Waals surface area contributed by atoms with Crippen LogP contribution < -0.4 is 9.47 Å². The van der Waals surface area contributed by atoms with Crippen LogP contribution >= 0.6 is 0 Å². The zero-order valence-electron chi connectivity index (χ0n) is 22.2. The monoisotopic (exact) mass is 520 g/mol. The van der Waals surface area contributed by atoms with Gasteiger partial charge in [-0.05, 0) is 54.8 Å². The summed E-state index contributed by atoms with van der Waals surface area (Å²) in [5.41, 5.74) is 2.33. The Kier molecular flexibility index (Phi) is 8.00. The fraction of sp³-hybridized carbons (Fsp3) is 0.467. The van der Waals surface area contributed by atoms with Gasteiger partial charge in [-0.1, -0.05) is 25.5 Å². The quantitative estimate of drug-likeness (QED) is 0.232. The maximum Gasteiger partial charge on any atom is 0.295 e. The van der Waals surface area contributed by atoms with Crippen molar-refractivity contribution >= 4 is 17.4 Å². The highest BCUT2D eigenvalue weighted by Crippen LogP contribution is 2.41. The number of benzene rings is 2. The van der Waals surface area contributed by atoms with Gasteiger partial charge in [0, 0.05) is 38.2 Å². The summed E-state index contributed by atoms with van der Waals surface area (Å²) in [6, 6.07) is 12.2. The number of hydrogen-bond donors (Lipinski definition) is 1. The third kappa shape index (κ3) is 5.42. The highest BCUT2D eigenvalue weighted by molar-refractivity contribution is 6.46. The Balaban J connectivity index is 1.51. The van der Waals surface area contributed by atoms with Crippen LogP contribution in [0.1, 0.15) is 49.4 Å². The SMILES string of the molecule is CCCCOc1cccc([C@@H]2C(=C(O)c3ccc4c(c3)C[C@H](C)O4)C(=O)C(=O)N2CCN2CCOCC2)c1. The Hall–Kier alpha value is -3.36. The Morgan fingerprint density at radius 3 is 2.71 bits per heavy atom. The molecule has 3 heterocycles. The molecule has 0 spiro atoms. The highest BCUT2D eigenvalue weighted by Gasteiger charge is 2.46. The molecular weight excluding hydrogens is 484 g/mol. The normalized spacial score (nSPS) is 22.9. The van der Waals surface area contributed by atoms with Gasteiger partial charge in [0.05, 0.1) is 31.4 Å². The molecule has 38 heavy (non-hydrogen) atoms. The third-order valence-corrected chi connectivity index (χ3v) is 7.41. The molecule has 2 aromatic carbocycles. The third-order valence-electron chi connectivity index (χ3n) is 7.41. The molecule has 3 aliphatic rings. The van der Waals surface area contributed by atoms with Gasteiger partial charge in [0.25, 0.3) is 11.7 Å². The van der Waals surface area contributed by atoms with Crippen LogP contribution in [0.3, 0.4) is 0 Å². The van der Waals surface area contributed by atoms with Crippen molar-refractivity contribution in [3.63, 3.8) is 0 Å². The van der Waals surface area contributed by atoms with E-state index in [4.69, 9.17) is 14.2 Å². The van der Waals surface area contributed by atoms with Crippen LogP contribution in [0, 0.1) is 0 Å². The summed E-state index contributed by atoms with van der Waals surface area (Å²) in [4.78, 5) is 30.6. The molecule has 2 aromatic rings. The Morgan fingerprint density at radius 1 is 1.11 bits per heavy atom. The molecule has 0 bridgehead atoms. The minimum atomic E-state index is -0.714. The molecule has 2 fully saturated rings. The number of unbranched alkanes of at least 4 members (excludes halogenated alkanes) is 1. The van der Waals surface area contributed by atoms with Crippen LogP contribution in [0.15, 0.2) is 48.0 Å². The number of likely N-dealkylation sites (tertiary alicyclic amines) is 1. The molecule has 0 unspecified atom stereocenters. The number of Topliss-reactive ketones (excluding diaryl/α,β-unsaturated/α-hetero) is 1. The first-order valence-electron chi connectivity index (χ1n) is 13.6. The summed E-state index contributed by atoms with van der Waals surface area (Å²) in [5, 5.41) is 11.5. The van der Waals surface area contributed by atoms with Crippen LogP contribution in [0.5, 0.6) is 11.5 Å². The first-order valence-corrected chi connectivity index (χ1v) is 13.6. The van der Waals surface area contributed by atoms with Crippen molar-refractivity contribution < 1.29 is 28.9 Å². The number of carbonyl (C=O) groups is 2. The van der Waals surface area contributed by atoms with Crippen LogP contribution in [0.2, 0.25) is 0 Å². The average Bonchev–Trinajstić information content (AvgIpc) is 3.43. The largest absolute Gasteiger partial charge is 0.507 e. The number of aliphatic hydroxyl groups is 1. The smallest absolute Gasteiger partial charge is 0.295 e. The van der Waals surface area contributed by atoms with E-state index in [9.17, 15) is 14.7 Å². The molecule has 8 nitrogen and oxygen atoms in total. The Labute approximate surface area is 223 Å². The number of ether oxygens (including phenoxy) is 3. The highest BCUT2D eigenvalue weighted by atomic mass is 16.5. The number of fused-ring (bicyclic) bond motifs is 1. The summed E-state index contributed by atoms with van der Waals surface area (Å²) in [5.74, 6) is 0.0332. The van der Waals surface area contributed by atoms with Crippen LogP contribution in [0.4, 0.5) is 0 Å². The maximum absolute atomic E-state index is 13.4. The number of ketones is 1. The van der Waals surface area contributed by atoms with Crippen LogP contribution in [-0.2, 0) is 20.7 Å². The van der Waals surface area contributed by atoms with E-state index in [0.717, 1.165) is 49.2 Å². The van der Waals surface area contributed by atoms with E-state index < -0.39 is 17.7 Å². The number of rotatable bonds is 9. The van der Waals surface area contributed by atoms with Gasteiger partial charge in [0.1, 0.15) is 23.4 Å². The summed E-state index contributed by atoms with van der Waals surface area (Å²) >= 11 is 0. The number of morpholine rings is 1. The summed E-state index contributed by atoms with van der Waals surface area (Å²) in [6.45, 7) is 8.54. The van der Waals surface area contributed by atoms with Crippen LogP contribution in [-0.4, -0.2) is 78.7 Å². The summed E-state index contributed by atoms with van der Waals surface area (Å²) < 4.78 is 17.2. The molecule has 2 atom stereocenters. The van der Waals surface area contributed by atoms with E-state index in [2.05, 4.69) is 11.8 Å². The van der Waals surface area contributed by atoms with Gasteiger partial charge in [-0.3, -0.25) is 14.5 Å². The predicted molar refractivity (Wildman–Crippen MR) is 143 cm³/mol. The van der Waals surface area contributed by atoms with Gasteiger partial charge < -0.3 is 24.2 Å². The lowest BCUT2D eigenvalue weighted by Gasteiger charge is -2.31. The second kappa shape index (κ2) is 11.6. The lowest BCUT2D eigenvalue weighted by atomic mass is 9.94. The molecule has 0 saturated carbocycles. The molecule has 1 N–H and O–H groups in total. The molecule has 0 radical (unpaired) electrons. The molecular formula is C30H36N2O6. The molecule has 3 aliphatic heterocycles. The number of amides is 1. The molecule has 5 rings (SSSR count). The Morgan fingerprint density at radius 2 is 1.92 bits per heavy atom. The summed E-state index contributed by atoms with van der Waals surface area (Å²) in [6.07, 6.45) is 2.74. The zero-order chi connectivity index (χ0) is 26.6. The molecule has 2 saturated heterocycles. The van der Waals surface area contributed by atoms with Crippen molar-refractivity contribution in [1.29, 1.82) is 0 Å². The second-order valence-electron chi connectivity index (χ2n) is 10.2. The zero-order valence-corrected chi connectivity index (χ0v) is 22.2. The van der Waals surface area contributed by atoms with Crippen molar-refractivity contribution in [2.24, 2.45) is 0 Å². The number of hydrogen-bond acceptors (Lipinski definition) is 7. The first kappa shape index (κ1) is 26.3. The van der Waals surface area contributed by atoms with Gasteiger partial charge in [-0.2, -0.15) is 0 Å². The fourth-order valence-electron chi connectivity index (χ4n) is 5.36. The van der Waals surface area contributed by atoms with E-state index in [0.29, 0.717) is 44.2 Å². The van der Waals surface area contributed by atoms with Gasteiger partial charge in [-0.25, -0.2) is 0 Å².